The largest absolute Gasteiger partial charge is 0.456 e. The van der Waals surface area contributed by atoms with Gasteiger partial charge < -0.3 is 9.32 Å². The van der Waals surface area contributed by atoms with Crippen LogP contribution in [-0.4, -0.2) is 12.2 Å². The van der Waals surface area contributed by atoms with Gasteiger partial charge in [-0.1, -0.05) is 48.5 Å². The molecule has 0 bridgehead atoms. The standard InChI is InChI=1S/C21H15NO3/c23-14-17-11-10-16(25-17)13-22-20-9-5-4-8-18(20)19(21(22)24)12-15-6-2-1-3-7-15/h1-12,14H,13H2/b19-12+. The van der Waals surface area contributed by atoms with Gasteiger partial charge in [0.1, 0.15) is 5.76 Å². The molecular formula is C21H15NO3. The number of rotatable bonds is 4. The van der Waals surface area contributed by atoms with E-state index in [1.54, 1.807) is 17.0 Å². The van der Waals surface area contributed by atoms with Crippen molar-refractivity contribution in [3.8, 4) is 0 Å². The smallest absolute Gasteiger partial charge is 0.259 e. The molecule has 2 aromatic carbocycles. The summed E-state index contributed by atoms with van der Waals surface area (Å²) in [4.78, 5) is 25.5. The van der Waals surface area contributed by atoms with E-state index in [0.29, 0.717) is 17.6 Å². The summed E-state index contributed by atoms with van der Waals surface area (Å²) in [6.45, 7) is 0.288. The second-order valence-corrected chi connectivity index (χ2v) is 5.80. The van der Waals surface area contributed by atoms with E-state index < -0.39 is 0 Å². The number of amides is 1. The molecule has 122 valence electrons. The zero-order valence-corrected chi connectivity index (χ0v) is 13.4. The second-order valence-electron chi connectivity index (χ2n) is 5.80. The zero-order chi connectivity index (χ0) is 17.2. The lowest BCUT2D eigenvalue weighted by molar-refractivity contribution is -0.113. The van der Waals surface area contributed by atoms with Crippen molar-refractivity contribution in [3.05, 3.63) is 89.4 Å². The number of carbonyl (C=O) groups excluding carboxylic acids is 2. The Kier molecular flexibility index (Phi) is 3.78. The topological polar surface area (TPSA) is 50.5 Å². The number of hydrogen-bond acceptors (Lipinski definition) is 3. The Balaban J connectivity index is 1.73. The Morgan fingerprint density at radius 3 is 2.44 bits per heavy atom. The van der Waals surface area contributed by atoms with Crippen LogP contribution in [0.25, 0.3) is 11.6 Å². The number of nitrogens with zero attached hydrogens (tertiary/aromatic N) is 1. The first-order valence-corrected chi connectivity index (χ1v) is 7.98. The van der Waals surface area contributed by atoms with Gasteiger partial charge >= 0.3 is 0 Å². The molecule has 0 fully saturated rings. The summed E-state index contributed by atoms with van der Waals surface area (Å²) < 4.78 is 5.43. The lowest BCUT2D eigenvalue weighted by Gasteiger charge is -2.15. The summed E-state index contributed by atoms with van der Waals surface area (Å²) in [6.07, 6.45) is 2.56. The van der Waals surface area contributed by atoms with E-state index in [4.69, 9.17) is 4.42 Å². The zero-order valence-electron chi connectivity index (χ0n) is 13.4. The molecule has 1 amide bonds. The molecule has 0 unspecified atom stereocenters. The number of hydrogen-bond donors (Lipinski definition) is 0. The van der Waals surface area contributed by atoms with Gasteiger partial charge in [-0.2, -0.15) is 0 Å². The maximum atomic E-state index is 13.0. The van der Waals surface area contributed by atoms with Crippen molar-refractivity contribution in [2.24, 2.45) is 0 Å². The molecule has 4 rings (SSSR count). The average molecular weight is 329 g/mol. The third-order valence-electron chi connectivity index (χ3n) is 4.18. The van der Waals surface area contributed by atoms with Crippen LogP contribution >= 0.6 is 0 Å². The molecule has 0 saturated heterocycles. The average Bonchev–Trinajstić information content (AvgIpc) is 3.21. The van der Waals surface area contributed by atoms with Crippen molar-refractivity contribution >= 4 is 29.5 Å². The van der Waals surface area contributed by atoms with Crippen molar-refractivity contribution in [2.75, 3.05) is 4.90 Å². The highest BCUT2D eigenvalue weighted by molar-refractivity contribution is 6.35. The fraction of sp³-hybridized carbons (Fsp3) is 0.0476. The molecule has 0 spiro atoms. The number of furan rings is 1. The SMILES string of the molecule is O=Cc1ccc(CN2C(=O)/C(=C/c3ccccc3)c3ccccc32)o1. The fourth-order valence-corrected chi connectivity index (χ4v) is 3.02. The van der Waals surface area contributed by atoms with Crippen LogP contribution in [-0.2, 0) is 11.3 Å². The third-order valence-corrected chi connectivity index (χ3v) is 4.18. The number of aldehydes is 1. The summed E-state index contributed by atoms with van der Waals surface area (Å²) in [5, 5.41) is 0. The third kappa shape index (κ3) is 2.78. The van der Waals surface area contributed by atoms with Crippen molar-refractivity contribution in [3.63, 3.8) is 0 Å². The number of carbonyl (C=O) groups is 2. The van der Waals surface area contributed by atoms with Crippen molar-refractivity contribution in [1.29, 1.82) is 0 Å². The van der Waals surface area contributed by atoms with Crippen molar-refractivity contribution in [1.82, 2.24) is 0 Å². The maximum Gasteiger partial charge on any atom is 0.259 e. The summed E-state index contributed by atoms with van der Waals surface area (Å²) in [5.41, 5.74) is 3.38. The Hall–Kier alpha value is -3.40. The quantitative estimate of drug-likeness (QED) is 0.533. The Morgan fingerprint density at radius 1 is 0.920 bits per heavy atom. The molecule has 0 aliphatic carbocycles. The van der Waals surface area contributed by atoms with Crippen LogP contribution < -0.4 is 4.90 Å². The molecule has 0 N–H and O–H groups in total. The highest BCUT2D eigenvalue weighted by Gasteiger charge is 2.32. The van der Waals surface area contributed by atoms with Crippen LogP contribution in [0.4, 0.5) is 5.69 Å². The van der Waals surface area contributed by atoms with E-state index in [2.05, 4.69) is 0 Å². The van der Waals surface area contributed by atoms with Gasteiger partial charge in [-0.05, 0) is 29.8 Å². The summed E-state index contributed by atoms with van der Waals surface area (Å²) in [6, 6.07) is 20.8. The van der Waals surface area contributed by atoms with Crippen LogP contribution in [0.5, 0.6) is 0 Å². The van der Waals surface area contributed by atoms with Crippen LogP contribution in [0.15, 0.2) is 71.1 Å². The summed E-state index contributed by atoms with van der Waals surface area (Å²) in [7, 11) is 0. The molecule has 0 atom stereocenters. The first-order valence-electron chi connectivity index (χ1n) is 7.98. The number of para-hydroxylation sites is 1. The van der Waals surface area contributed by atoms with Crippen LogP contribution in [0.2, 0.25) is 0 Å². The van der Waals surface area contributed by atoms with E-state index in [1.807, 2.05) is 60.7 Å². The molecule has 0 radical (unpaired) electrons. The summed E-state index contributed by atoms with van der Waals surface area (Å²) >= 11 is 0. The monoisotopic (exact) mass is 329 g/mol. The molecule has 2 heterocycles. The molecule has 4 nitrogen and oxygen atoms in total. The van der Waals surface area contributed by atoms with E-state index in [-0.39, 0.29) is 18.2 Å². The Morgan fingerprint density at radius 2 is 1.68 bits per heavy atom. The lowest BCUT2D eigenvalue weighted by Crippen LogP contribution is -2.25. The predicted octanol–water partition coefficient (Wildman–Crippen LogP) is 4.18. The Bertz CT molecular complexity index is 970. The normalized spacial score (nSPS) is 14.8. The molecule has 1 aliphatic heterocycles. The first kappa shape index (κ1) is 15.1. The van der Waals surface area contributed by atoms with Gasteiger partial charge in [0.05, 0.1) is 12.2 Å². The van der Waals surface area contributed by atoms with Crippen molar-refractivity contribution in [2.45, 2.75) is 6.54 Å². The fourth-order valence-electron chi connectivity index (χ4n) is 3.02. The molecule has 1 aliphatic rings. The molecular weight excluding hydrogens is 314 g/mol. The molecule has 1 aromatic heterocycles. The number of anilines is 1. The van der Waals surface area contributed by atoms with Crippen molar-refractivity contribution < 1.29 is 14.0 Å². The second kappa shape index (κ2) is 6.24. The van der Waals surface area contributed by atoms with Gasteiger partial charge in [-0.25, -0.2) is 0 Å². The van der Waals surface area contributed by atoms with Gasteiger partial charge in [0.25, 0.3) is 5.91 Å². The van der Waals surface area contributed by atoms with Gasteiger partial charge in [-0.15, -0.1) is 0 Å². The van der Waals surface area contributed by atoms with Gasteiger partial charge in [0, 0.05) is 11.1 Å². The minimum atomic E-state index is -0.0749. The molecule has 4 heteroatoms. The Labute approximate surface area is 145 Å². The predicted molar refractivity (Wildman–Crippen MR) is 96.0 cm³/mol. The number of benzene rings is 2. The lowest BCUT2D eigenvalue weighted by atomic mass is 10.0. The highest BCUT2D eigenvalue weighted by Crippen LogP contribution is 2.38. The maximum absolute atomic E-state index is 13.0. The van der Waals surface area contributed by atoms with Crippen LogP contribution in [0.1, 0.15) is 27.4 Å². The first-order chi connectivity index (χ1) is 12.3. The van der Waals surface area contributed by atoms with Gasteiger partial charge in [-0.3, -0.25) is 9.59 Å². The van der Waals surface area contributed by atoms with Crippen LogP contribution in [0.3, 0.4) is 0 Å². The van der Waals surface area contributed by atoms with Gasteiger partial charge in [0.15, 0.2) is 12.0 Å². The van der Waals surface area contributed by atoms with E-state index in [1.165, 1.54) is 0 Å². The molecule has 0 saturated carbocycles. The van der Waals surface area contributed by atoms with E-state index in [0.717, 1.165) is 16.8 Å². The highest BCUT2D eigenvalue weighted by atomic mass is 16.3. The number of fused-ring (bicyclic) bond motifs is 1. The summed E-state index contributed by atoms with van der Waals surface area (Å²) in [5.74, 6) is 0.760. The van der Waals surface area contributed by atoms with E-state index in [9.17, 15) is 9.59 Å². The minimum absolute atomic E-state index is 0.0749. The van der Waals surface area contributed by atoms with E-state index >= 15 is 0 Å². The molecule has 25 heavy (non-hydrogen) atoms. The van der Waals surface area contributed by atoms with Gasteiger partial charge in [0.2, 0.25) is 0 Å². The minimum Gasteiger partial charge on any atom is -0.456 e. The molecule has 3 aromatic rings. The van der Waals surface area contributed by atoms with Crippen LogP contribution in [0, 0.1) is 0 Å².